The molecule has 0 amide bonds. The molecule has 0 aliphatic rings. The number of esters is 3. The normalized spacial score (nSPS) is 12.8. The highest BCUT2D eigenvalue weighted by atomic mass is 16.6. The fourth-order valence-corrected chi connectivity index (χ4v) is 7.38. The van der Waals surface area contributed by atoms with Gasteiger partial charge in [0.05, 0.1) is 0 Å². The highest BCUT2D eigenvalue weighted by Gasteiger charge is 2.19. The van der Waals surface area contributed by atoms with E-state index in [-0.39, 0.29) is 31.1 Å². The van der Waals surface area contributed by atoms with Crippen LogP contribution in [0, 0.1) is 0 Å². The van der Waals surface area contributed by atoms with E-state index in [4.69, 9.17) is 14.2 Å². The molecule has 0 saturated heterocycles. The summed E-state index contributed by atoms with van der Waals surface area (Å²) in [4.78, 5) is 38.0. The third kappa shape index (κ3) is 53.2. The Hall–Kier alpha value is -3.67. The van der Waals surface area contributed by atoms with Crippen LogP contribution in [0.5, 0.6) is 0 Å². The van der Waals surface area contributed by atoms with Crippen LogP contribution in [0.1, 0.15) is 252 Å². The molecule has 0 bridgehead atoms. The van der Waals surface area contributed by atoms with E-state index in [1.165, 1.54) is 70.6 Å². The Morgan fingerprint density at radius 1 is 0.313 bits per heavy atom. The van der Waals surface area contributed by atoms with Crippen molar-refractivity contribution in [1.29, 1.82) is 0 Å². The van der Waals surface area contributed by atoms with Gasteiger partial charge in [0.2, 0.25) is 0 Å². The van der Waals surface area contributed by atoms with Gasteiger partial charge in [-0.05, 0) is 116 Å². The Balaban J connectivity index is 4.35. The fraction of sp³-hybridized carbons (Fsp3) is 0.689. The van der Waals surface area contributed by atoms with E-state index in [1.54, 1.807) is 0 Å². The van der Waals surface area contributed by atoms with Crippen LogP contribution in [0.4, 0.5) is 0 Å². The van der Waals surface area contributed by atoms with Crippen molar-refractivity contribution >= 4 is 17.9 Å². The van der Waals surface area contributed by atoms with Crippen molar-refractivity contribution < 1.29 is 28.6 Å². The van der Waals surface area contributed by atoms with Gasteiger partial charge in [0.15, 0.2) is 6.10 Å². The van der Waals surface area contributed by atoms with Gasteiger partial charge in [0.1, 0.15) is 13.2 Å². The van der Waals surface area contributed by atoms with Gasteiger partial charge in [-0.3, -0.25) is 14.4 Å². The molecule has 0 spiro atoms. The van der Waals surface area contributed by atoms with Crippen molar-refractivity contribution in [3.05, 3.63) is 97.2 Å². The van der Waals surface area contributed by atoms with Crippen molar-refractivity contribution in [2.24, 2.45) is 0 Å². The van der Waals surface area contributed by atoms with E-state index >= 15 is 0 Å². The van der Waals surface area contributed by atoms with Crippen molar-refractivity contribution in [2.45, 2.75) is 258 Å². The van der Waals surface area contributed by atoms with Crippen LogP contribution >= 0.6 is 0 Å². The largest absolute Gasteiger partial charge is 0.462 e. The molecular formula is C61H102O6. The van der Waals surface area contributed by atoms with Crippen molar-refractivity contribution in [2.75, 3.05) is 13.2 Å². The van der Waals surface area contributed by atoms with Gasteiger partial charge in [-0.1, -0.05) is 214 Å². The summed E-state index contributed by atoms with van der Waals surface area (Å²) in [5, 5.41) is 0. The average molecular weight is 931 g/mol. The zero-order chi connectivity index (χ0) is 48.6. The summed E-state index contributed by atoms with van der Waals surface area (Å²) in [5.41, 5.74) is 0. The second kappa shape index (κ2) is 54.9. The maximum atomic E-state index is 12.8. The average Bonchev–Trinajstić information content (AvgIpc) is 3.33. The van der Waals surface area contributed by atoms with Crippen molar-refractivity contribution in [3.8, 4) is 0 Å². The van der Waals surface area contributed by atoms with Gasteiger partial charge in [0, 0.05) is 19.3 Å². The number of carbonyl (C=O) groups is 3. The first-order valence-electron chi connectivity index (χ1n) is 27.7. The molecule has 0 rings (SSSR count). The molecule has 382 valence electrons. The molecule has 6 nitrogen and oxygen atoms in total. The molecule has 67 heavy (non-hydrogen) atoms. The molecular weight excluding hydrogens is 829 g/mol. The maximum absolute atomic E-state index is 12.8. The minimum absolute atomic E-state index is 0.0920. The van der Waals surface area contributed by atoms with Crippen LogP contribution < -0.4 is 0 Å². The van der Waals surface area contributed by atoms with Gasteiger partial charge in [-0.25, -0.2) is 0 Å². The smallest absolute Gasteiger partial charge is 0.306 e. The molecule has 0 aromatic rings. The number of unbranched alkanes of at least 4 members (excludes halogenated alkanes) is 22. The van der Waals surface area contributed by atoms with Gasteiger partial charge in [-0.2, -0.15) is 0 Å². The Morgan fingerprint density at radius 2 is 0.612 bits per heavy atom. The summed E-state index contributed by atoms with van der Waals surface area (Å²) in [6.45, 7) is 6.42. The van der Waals surface area contributed by atoms with E-state index in [9.17, 15) is 14.4 Å². The number of rotatable bonds is 49. The number of hydrogen-bond acceptors (Lipinski definition) is 6. The van der Waals surface area contributed by atoms with Crippen LogP contribution in [-0.2, 0) is 28.6 Å². The lowest BCUT2D eigenvalue weighted by molar-refractivity contribution is -0.167. The summed E-state index contributed by atoms with van der Waals surface area (Å²) >= 11 is 0. The van der Waals surface area contributed by atoms with Crippen molar-refractivity contribution in [1.82, 2.24) is 0 Å². The molecule has 6 heteroatoms. The monoisotopic (exact) mass is 931 g/mol. The molecule has 0 fully saturated rings. The lowest BCUT2D eigenvalue weighted by Gasteiger charge is -2.18. The lowest BCUT2D eigenvalue weighted by Crippen LogP contribution is -2.30. The number of carbonyl (C=O) groups excluding carboxylic acids is 3. The predicted molar refractivity (Wildman–Crippen MR) is 288 cm³/mol. The molecule has 0 aliphatic carbocycles. The van der Waals surface area contributed by atoms with E-state index in [0.717, 1.165) is 141 Å². The molecule has 1 atom stereocenters. The molecule has 0 N–H and O–H groups in total. The van der Waals surface area contributed by atoms with Crippen LogP contribution in [0.3, 0.4) is 0 Å². The fourth-order valence-electron chi connectivity index (χ4n) is 7.38. The first kappa shape index (κ1) is 63.3. The Kier molecular flexibility index (Phi) is 51.9. The van der Waals surface area contributed by atoms with Gasteiger partial charge in [0.25, 0.3) is 0 Å². The number of allylic oxidation sites excluding steroid dienone is 16. The molecule has 0 aliphatic heterocycles. The van der Waals surface area contributed by atoms with Crippen LogP contribution in [-0.4, -0.2) is 37.2 Å². The van der Waals surface area contributed by atoms with Gasteiger partial charge >= 0.3 is 17.9 Å². The van der Waals surface area contributed by atoms with Gasteiger partial charge in [-0.15, -0.1) is 0 Å². The minimum atomic E-state index is -0.793. The first-order valence-corrected chi connectivity index (χ1v) is 27.7. The summed E-state index contributed by atoms with van der Waals surface area (Å²) < 4.78 is 16.8. The Labute approximate surface area is 413 Å². The zero-order valence-corrected chi connectivity index (χ0v) is 43.6. The van der Waals surface area contributed by atoms with Crippen LogP contribution in [0.15, 0.2) is 97.2 Å². The predicted octanol–water partition coefficient (Wildman–Crippen LogP) is 18.5. The summed E-state index contributed by atoms with van der Waals surface area (Å²) in [6.07, 6.45) is 72.5. The highest BCUT2D eigenvalue weighted by Crippen LogP contribution is 2.14. The van der Waals surface area contributed by atoms with Crippen LogP contribution in [0.2, 0.25) is 0 Å². The SMILES string of the molecule is CC/C=C\C/C=C\C/C=C\C/C=C\C/C=C\CCCCCCCCCC(=O)OCC(COC(=O)CCCCCCC/C=C\CCC)OC(=O)CCCCCCC/C=C\C/C=C\CCCCCC. The molecule has 0 heterocycles. The molecule has 0 aromatic heterocycles. The molecule has 0 aromatic carbocycles. The zero-order valence-electron chi connectivity index (χ0n) is 43.6. The Morgan fingerprint density at radius 3 is 0.985 bits per heavy atom. The number of hydrogen-bond donors (Lipinski definition) is 0. The van der Waals surface area contributed by atoms with Gasteiger partial charge < -0.3 is 14.2 Å². The summed E-state index contributed by atoms with van der Waals surface area (Å²) in [6, 6.07) is 0. The first-order chi connectivity index (χ1) is 33.0. The summed E-state index contributed by atoms with van der Waals surface area (Å²) in [7, 11) is 0. The second-order valence-electron chi connectivity index (χ2n) is 18.1. The third-order valence-electron chi connectivity index (χ3n) is 11.5. The molecule has 0 radical (unpaired) electrons. The standard InChI is InChI=1S/C61H102O6/c1-4-7-10-13-16-19-22-24-26-28-29-30-31-32-33-34-36-37-39-42-45-48-51-54-60(63)66-57-58(56-65-59(62)53-50-47-44-41-21-18-15-12-9-6-3)67-61(64)55-52-49-46-43-40-38-35-27-25-23-20-17-14-11-8-5-2/h7,10,12,15-16,19-20,23-24,26-27,29-30,32-33,35,58H,4-6,8-9,11,13-14,17-18,21-22,25,28,31,34,36-57H2,1-3H3/b10-7-,15-12-,19-16-,23-20-,26-24-,30-29-,33-32-,35-27-. The Bertz CT molecular complexity index is 1350. The van der Waals surface area contributed by atoms with E-state index in [0.29, 0.717) is 19.3 Å². The number of ether oxygens (including phenoxy) is 3. The quantitative estimate of drug-likeness (QED) is 0.0262. The van der Waals surface area contributed by atoms with E-state index in [1.807, 2.05) is 0 Å². The second-order valence-corrected chi connectivity index (χ2v) is 18.1. The third-order valence-corrected chi connectivity index (χ3v) is 11.5. The lowest BCUT2D eigenvalue weighted by atomic mass is 10.1. The highest BCUT2D eigenvalue weighted by molar-refractivity contribution is 5.71. The molecule has 0 saturated carbocycles. The minimum Gasteiger partial charge on any atom is -0.462 e. The topological polar surface area (TPSA) is 78.9 Å². The maximum Gasteiger partial charge on any atom is 0.306 e. The summed E-state index contributed by atoms with van der Waals surface area (Å²) in [5.74, 6) is -0.927. The van der Waals surface area contributed by atoms with Crippen molar-refractivity contribution in [3.63, 3.8) is 0 Å². The van der Waals surface area contributed by atoms with E-state index < -0.39 is 6.10 Å². The van der Waals surface area contributed by atoms with E-state index in [2.05, 4.69) is 118 Å². The van der Waals surface area contributed by atoms with Crippen LogP contribution in [0.25, 0.3) is 0 Å². The molecule has 1 unspecified atom stereocenters.